The Kier molecular flexibility index (Phi) is 5.71. The van der Waals surface area contributed by atoms with E-state index in [1.54, 1.807) is 12.1 Å². The number of carbonyl (C=O) groups is 4. The standard InChI is InChI=1S/C24H30N4O4/c29-21-4-3-20(22(30)26-21)28-23(31)18-2-1-17(14-19(18)24(28)32)27-11-7-16(8-12-27)13-15-5-9-25-10-6-15/h1-2,14-16,20,25H,3-13H2,(H,26,29,30)/t20-/m0/s1. The first kappa shape index (κ1) is 21.1. The molecule has 2 N–H and O–H groups in total. The predicted octanol–water partition coefficient (Wildman–Crippen LogP) is 1.69. The number of rotatable bonds is 4. The number of nitrogens with zero attached hydrogens (tertiary/aromatic N) is 2. The summed E-state index contributed by atoms with van der Waals surface area (Å²) >= 11 is 0. The average molecular weight is 439 g/mol. The second kappa shape index (κ2) is 8.65. The van der Waals surface area contributed by atoms with Crippen molar-refractivity contribution in [3.05, 3.63) is 29.3 Å². The van der Waals surface area contributed by atoms with Crippen LogP contribution in [0.3, 0.4) is 0 Å². The first-order chi connectivity index (χ1) is 15.5. The molecule has 1 aromatic carbocycles. The molecule has 4 aliphatic rings. The van der Waals surface area contributed by atoms with Crippen molar-refractivity contribution in [2.24, 2.45) is 11.8 Å². The van der Waals surface area contributed by atoms with Crippen LogP contribution in [0.2, 0.25) is 0 Å². The predicted molar refractivity (Wildman–Crippen MR) is 118 cm³/mol. The van der Waals surface area contributed by atoms with Gasteiger partial charge in [-0.25, -0.2) is 0 Å². The topological polar surface area (TPSA) is 98.8 Å². The summed E-state index contributed by atoms with van der Waals surface area (Å²) in [7, 11) is 0. The van der Waals surface area contributed by atoms with Crippen LogP contribution in [0.15, 0.2) is 18.2 Å². The second-order valence-electron chi connectivity index (χ2n) is 9.54. The van der Waals surface area contributed by atoms with Crippen molar-refractivity contribution < 1.29 is 19.2 Å². The maximum atomic E-state index is 13.1. The molecule has 0 spiro atoms. The van der Waals surface area contributed by atoms with Crippen LogP contribution in [0.4, 0.5) is 5.69 Å². The SMILES string of the molecule is O=C1CC[C@H](N2C(=O)c3ccc(N4CCC(CC5CCNCC5)CC4)cc3C2=O)C(=O)N1. The van der Waals surface area contributed by atoms with E-state index in [4.69, 9.17) is 0 Å². The molecule has 3 fully saturated rings. The largest absolute Gasteiger partial charge is 0.371 e. The third kappa shape index (κ3) is 3.92. The van der Waals surface area contributed by atoms with Gasteiger partial charge in [-0.1, -0.05) is 0 Å². The molecule has 4 amide bonds. The Morgan fingerprint density at radius 3 is 2.25 bits per heavy atom. The fraction of sp³-hybridized carbons (Fsp3) is 0.583. The molecule has 170 valence electrons. The summed E-state index contributed by atoms with van der Waals surface area (Å²) in [5.41, 5.74) is 1.65. The Balaban J connectivity index is 1.25. The van der Waals surface area contributed by atoms with E-state index in [0.717, 1.165) is 61.4 Å². The maximum Gasteiger partial charge on any atom is 0.262 e. The van der Waals surface area contributed by atoms with E-state index >= 15 is 0 Å². The third-order valence-corrected chi connectivity index (χ3v) is 7.53. The van der Waals surface area contributed by atoms with E-state index in [9.17, 15) is 19.2 Å². The summed E-state index contributed by atoms with van der Waals surface area (Å²) in [5.74, 6) is -0.237. The molecular weight excluding hydrogens is 408 g/mol. The lowest BCUT2D eigenvalue weighted by Crippen LogP contribution is -2.54. The summed E-state index contributed by atoms with van der Waals surface area (Å²) in [6.45, 7) is 4.18. The van der Waals surface area contributed by atoms with E-state index in [-0.39, 0.29) is 18.7 Å². The molecule has 0 saturated carbocycles. The van der Waals surface area contributed by atoms with Crippen LogP contribution in [0.25, 0.3) is 0 Å². The van der Waals surface area contributed by atoms with Crippen LogP contribution < -0.4 is 15.5 Å². The van der Waals surface area contributed by atoms with Crippen molar-refractivity contribution in [1.82, 2.24) is 15.5 Å². The Bertz CT molecular complexity index is 947. The minimum absolute atomic E-state index is 0.126. The van der Waals surface area contributed by atoms with Gasteiger partial charge in [0.1, 0.15) is 6.04 Å². The minimum Gasteiger partial charge on any atom is -0.371 e. The molecule has 8 nitrogen and oxygen atoms in total. The van der Waals surface area contributed by atoms with Crippen molar-refractivity contribution in [3.63, 3.8) is 0 Å². The normalized spacial score (nSPS) is 25.3. The van der Waals surface area contributed by atoms with E-state index in [2.05, 4.69) is 15.5 Å². The van der Waals surface area contributed by atoms with Gasteiger partial charge in [0.25, 0.3) is 11.8 Å². The summed E-state index contributed by atoms with van der Waals surface area (Å²) in [6, 6.07) is 4.49. The molecule has 0 bridgehead atoms. The summed E-state index contributed by atoms with van der Waals surface area (Å²) in [5, 5.41) is 5.67. The molecule has 0 aromatic heterocycles. The fourth-order valence-electron chi connectivity index (χ4n) is 5.67. The van der Waals surface area contributed by atoms with Gasteiger partial charge in [0.2, 0.25) is 11.8 Å². The van der Waals surface area contributed by atoms with E-state index < -0.39 is 23.8 Å². The molecule has 4 aliphatic heterocycles. The Labute approximate surface area is 187 Å². The number of anilines is 1. The Hall–Kier alpha value is -2.74. The van der Waals surface area contributed by atoms with E-state index in [1.165, 1.54) is 19.3 Å². The van der Waals surface area contributed by atoms with Gasteiger partial charge in [0.15, 0.2) is 0 Å². The van der Waals surface area contributed by atoms with Gasteiger partial charge in [-0.15, -0.1) is 0 Å². The highest BCUT2D eigenvalue weighted by atomic mass is 16.2. The lowest BCUT2D eigenvalue weighted by molar-refractivity contribution is -0.136. The van der Waals surface area contributed by atoms with Crippen LogP contribution in [0.1, 0.15) is 65.7 Å². The van der Waals surface area contributed by atoms with Crippen LogP contribution in [-0.2, 0) is 9.59 Å². The van der Waals surface area contributed by atoms with Gasteiger partial charge < -0.3 is 10.2 Å². The Morgan fingerprint density at radius 2 is 1.53 bits per heavy atom. The first-order valence-corrected chi connectivity index (χ1v) is 11.8. The van der Waals surface area contributed by atoms with Gasteiger partial charge >= 0.3 is 0 Å². The molecule has 0 radical (unpaired) electrons. The number of carbonyl (C=O) groups excluding carboxylic acids is 4. The zero-order chi connectivity index (χ0) is 22.2. The molecule has 1 aromatic rings. The third-order valence-electron chi connectivity index (χ3n) is 7.53. The lowest BCUT2D eigenvalue weighted by atomic mass is 9.83. The number of benzene rings is 1. The molecule has 1 atom stereocenters. The van der Waals surface area contributed by atoms with Crippen LogP contribution in [0, 0.1) is 11.8 Å². The zero-order valence-electron chi connectivity index (χ0n) is 18.3. The summed E-state index contributed by atoms with van der Waals surface area (Å²) < 4.78 is 0. The molecule has 32 heavy (non-hydrogen) atoms. The van der Waals surface area contributed by atoms with Crippen molar-refractivity contribution >= 4 is 29.3 Å². The average Bonchev–Trinajstić information content (AvgIpc) is 3.05. The van der Waals surface area contributed by atoms with E-state index in [1.807, 2.05) is 6.07 Å². The number of imide groups is 2. The number of amides is 4. The van der Waals surface area contributed by atoms with E-state index in [0.29, 0.717) is 11.1 Å². The highest BCUT2D eigenvalue weighted by Crippen LogP contribution is 2.34. The minimum atomic E-state index is -0.922. The van der Waals surface area contributed by atoms with Crippen LogP contribution in [0.5, 0.6) is 0 Å². The van der Waals surface area contributed by atoms with Gasteiger partial charge in [0, 0.05) is 25.2 Å². The second-order valence-corrected chi connectivity index (χ2v) is 9.54. The molecular formula is C24H30N4O4. The van der Waals surface area contributed by atoms with Gasteiger partial charge in [-0.05, 0) is 81.6 Å². The summed E-state index contributed by atoms with van der Waals surface area (Å²) in [6.07, 6.45) is 6.48. The molecule has 4 heterocycles. The quantitative estimate of drug-likeness (QED) is 0.695. The highest BCUT2D eigenvalue weighted by molar-refractivity contribution is 6.23. The zero-order valence-corrected chi connectivity index (χ0v) is 18.3. The van der Waals surface area contributed by atoms with Gasteiger partial charge in [-0.2, -0.15) is 0 Å². The molecule has 0 unspecified atom stereocenters. The van der Waals surface area contributed by atoms with Gasteiger partial charge in [0.05, 0.1) is 11.1 Å². The van der Waals surface area contributed by atoms with Crippen molar-refractivity contribution in [2.45, 2.75) is 51.0 Å². The molecule has 8 heteroatoms. The number of piperidine rings is 3. The maximum absolute atomic E-state index is 13.1. The number of nitrogens with one attached hydrogen (secondary N) is 2. The first-order valence-electron chi connectivity index (χ1n) is 11.8. The number of fused-ring (bicyclic) bond motifs is 1. The number of hydrogen-bond donors (Lipinski definition) is 2. The number of hydrogen-bond acceptors (Lipinski definition) is 6. The lowest BCUT2D eigenvalue weighted by Gasteiger charge is -2.36. The van der Waals surface area contributed by atoms with Crippen LogP contribution in [-0.4, -0.2) is 60.7 Å². The smallest absolute Gasteiger partial charge is 0.262 e. The monoisotopic (exact) mass is 438 g/mol. The fourth-order valence-corrected chi connectivity index (χ4v) is 5.67. The Morgan fingerprint density at radius 1 is 0.844 bits per heavy atom. The molecule has 3 saturated heterocycles. The van der Waals surface area contributed by atoms with Crippen LogP contribution >= 0.6 is 0 Å². The summed E-state index contributed by atoms with van der Waals surface area (Å²) in [4.78, 5) is 52.9. The van der Waals surface area contributed by atoms with Crippen molar-refractivity contribution in [3.8, 4) is 0 Å². The van der Waals surface area contributed by atoms with Gasteiger partial charge in [-0.3, -0.25) is 29.4 Å². The van der Waals surface area contributed by atoms with Crippen molar-refractivity contribution in [2.75, 3.05) is 31.1 Å². The molecule has 5 rings (SSSR count). The highest BCUT2D eigenvalue weighted by Gasteiger charge is 2.44. The molecule has 0 aliphatic carbocycles. The van der Waals surface area contributed by atoms with Crippen molar-refractivity contribution in [1.29, 1.82) is 0 Å².